The molecule has 1 N–H and O–H groups in total. The van der Waals surface area contributed by atoms with Crippen molar-refractivity contribution in [1.82, 2.24) is 0 Å². The lowest BCUT2D eigenvalue weighted by Gasteiger charge is -2.17. The summed E-state index contributed by atoms with van der Waals surface area (Å²) in [6.07, 6.45) is 13.1. The SMILES string of the molecule is CCCCCCCC[C@H](O)C(=O)/C=C/[C@H]1CCCC(=O)C1. The van der Waals surface area contributed by atoms with Crippen LogP contribution >= 0.6 is 0 Å². The molecule has 120 valence electrons. The molecule has 1 aliphatic rings. The summed E-state index contributed by atoms with van der Waals surface area (Å²) in [5.74, 6) is 0.272. The molecule has 0 saturated heterocycles. The van der Waals surface area contributed by atoms with Crippen molar-refractivity contribution in [3.8, 4) is 0 Å². The van der Waals surface area contributed by atoms with Crippen LogP contribution in [0.25, 0.3) is 0 Å². The van der Waals surface area contributed by atoms with Crippen LogP contribution < -0.4 is 0 Å². The zero-order valence-electron chi connectivity index (χ0n) is 13.4. The minimum atomic E-state index is -0.869. The van der Waals surface area contributed by atoms with E-state index < -0.39 is 6.10 Å². The van der Waals surface area contributed by atoms with Crippen molar-refractivity contribution in [3.63, 3.8) is 0 Å². The number of aliphatic hydroxyl groups excluding tert-OH is 1. The number of carbonyl (C=O) groups is 2. The molecule has 0 aliphatic heterocycles. The molecule has 0 unspecified atom stereocenters. The quantitative estimate of drug-likeness (QED) is 0.490. The van der Waals surface area contributed by atoms with Crippen LogP contribution in [0.15, 0.2) is 12.2 Å². The molecule has 2 atom stereocenters. The van der Waals surface area contributed by atoms with Crippen LogP contribution in [0.3, 0.4) is 0 Å². The molecule has 0 amide bonds. The topological polar surface area (TPSA) is 54.4 Å². The van der Waals surface area contributed by atoms with Gasteiger partial charge in [0.1, 0.15) is 11.9 Å². The van der Waals surface area contributed by atoms with Gasteiger partial charge in [0.2, 0.25) is 0 Å². The lowest BCUT2D eigenvalue weighted by Crippen LogP contribution is -2.19. The summed E-state index contributed by atoms with van der Waals surface area (Å²) in [6, 6.07) is 0. The third-order valence-corrected chi connectivity index (χ3v) is 4.21. The molecule has 1 fully saturated rings. The van der Waals surface area contributed by atoms with Crippen molar-refractivity contribution in [1.29, 1.82) is 0 Å². The van der Waals surface area contributed by atoms with E-state index in [1.807, 2.05) is 6.08 Å². The molecule has 1 saturated carbocycles. The molecule has 0 spiro atoms. The van der Waals surface area contributed by atoms with Gasteiger partial charge in [-0.15, -0.1) is 0 Å². The summed E-state index contributed by atoms with van der Waals surface area (Å²) < 4.78 is 0. The van der Waals surface area contributed by atoms with Crippen LogP contribution in [0.1, 0.15) is 77.6 Å². The first-order valence-electron chi connectivity index (χ1n) is 8.55. The van der Waals surface area contributed by atoms with Crippen molar-refractivity contribution in [2.75, 3.05) is 0 Å². The van der Waals surface area contributed by atoms with Gasteiger partial charge in [-0.2, -0.15) is 0 Å². The highest BCUT2D eigenvalue weighted by molar-refractivity contribution is 5.93. The van der Waals surface area contributed by atoms with Crippen molar-refractivity contribution in [2.24, 2.45) is 5.92 Å². The highest BCUT2D eigenvalue weighted by Gasteiger charge is 2.18. The lowest BCUT2D eigenvalue weighted by molar-refractivity contribution is -0.123. The Labute approximate surface area is 128 Å². The van der Waals surface area contributed by atoms with Gasteiger partial charge in [0.15, 0.2) is 5.78 Å². The second-order valence-electron chi connectivity index (χ2n) is 6.23. The average molecular weight is 294 g/mol. The van der Waals surface area contributed by atoms with Crippen LogP contribution in [0.5, 0.6) is 0 Å². The molecule has 3 heteroatoms. The Morgan fingerprint density at radius 1 is 1.29 bits per heavy atom. The monoisotopic (exact) mass is 294 g/mol. The van der Waals surface area contributed by atoms with Crippen LogP contribution in [0.4, 0.5) is 0 Å². The minimum Gasteiger partial charge on any atom is -0.385 e. The molecule has 21 heavy (non-hydrogen) atoms. The molecular formula is C18H30O3. The number of ketones is 2. The number of aliphatic hydroxyl groups is 1. The van der Waals surface area contributed by atoms with E-state index in [1.165, 1.54) is 31.8 Å². The first-order valence-corrected chi connectivity index (χ1v) is 8.55. The Balaban J connectivity index is 2.16. The van der Waals surface area contributed by atoms with E-state index in [4.69, 9.17) is 0 Å². The van der Waals surface area contributed by atoms with E-state index in [1.54, 1.807) is 0 Å². The van der Waals surface area contributed by atoms with Crippen molar-refractivity contribution in [2.45, 2.75) is 83.7 Å². The van der Waals surface area contributed by atoms with Crippen LogP contribution in [-0.4, -0.2) is 22.8 Å². The smallest absolute Gasteiger partial charge is 0.183 e. The zero-order valence-corrected chi connectivity index (χ0v) is 13.4. The van der Waals surface area contributed by atoms with Crippen LogP contribution in [-0.2, 0) is 9.59 Å². The van der Waals surface area contributed by atoms with E-state index in [-0.39, 0.29) is 17.5 Å². The Morgan fingerprint density at radius 2 is 2.00 bits per heavy atom. The third kappa shape index (κ3) is 8.15. The van der Waals surface area contributed by atoms with E-state index in [0.717, 1.165) is 25.7 Å². The molecular weight excluding hydrogens is 264 g/mol. The van der Waals surface area contributed by atoms with Gasteiger partial charge >= 0.3 is 0 Å². The van der Waals surface area contributed by atoms with E-state index in [2.05, 4.69) is 6.92 Å². The maximum absolute atomic E-state index is 11.8. The number of carbonyl (C=O) groups excluding carboxylic acids is 2. The normalized spacial score (nSPS) is 20.9. The van der Waals surface area contributed by atoms with Gasteiger partial charge in [-0.25, -0.2) is 0 Å². The van der Waals surface area contributed by atoms with Gasteiger partial charge in [-0.05, 0) is 31.3 Å². The number of allylic oxidation sites excluding steroid dienone is 1. The molecule has 1 rings (SSSR count). The minimum absolute atomic E-state index is 0.191. The maximum Gasteiger partial charge on any atom is 0.183 e. The fraction of sp³-hybridized carbons (Fsp3) is 0.778. The highest BCUT2D eigenvalue weighted by atomic mass is 16.3. The van der Waals surface area contributed by atoms with E-state index in [0.29, 0.717) is 19.3 Å². The summed E-state index contributed by atoms with van der Waals surface area (Å²) in [6.45, 7) is 2.19. The summed E-state index contributed by atoms with van der Waals surface area (Å²) in [4.78, 5) is 23.1. The molecule has 0 aromatic rings. The van der Waals surface area contributed by atoms with Crippen molar-refractivity contribution in [3.05, 3.63) is 12.2 Å². The standard InChI is InChI=1S/C18H30O3/c1-2-3-4-5-6-7-11-17(20)18(21)13-12-15-9-8-10-16(19)14-15/h12-13,15,17,20H,2-11,14H2,1H3/b13-12+/t15-,17+/m1/s1. The summed E-state index contributed by atoms with van der Waals surface area (Å²) in [5, 5.41) is 9.83. The van der Waals surface area contributed by atoms with E-state index in [9.17, 15) is 14.7 Å². The zero-order chi connectivity index (χ0) is 15.5. The fourth-order valence-corrected chi connectivity index (χ4v) is 2.82. The molecule has 0 aromatic heterocycles. The number of unbranched alkanes of at least 4 members (excludes halogenated alkanes) is 5. The fourth-order valence-electron chi connectivity index (χ4n) is 2.82. The Morgan fingerprint density at radius 3 is 2.71 bits per heavy atom. The Kier molecular flexibility index (Phi) is 9.24. The molecule has 3 nitrogen and oxygen atoms in total. The number of hydrogen-bond acceptors (Lipinski definition) is 3. The molecule has 1 aliphatic carbocycles. The lowest BCUT2D eigenvalue weighted by atomic mass is 9.88. The van der Waals surface area contributed by atoms with Crippen LogP contribution in [0, 0.1) is 5.92 Å². The van der Waals surface area contributed by atoms with E-state index >= 15 is 0 Å². The van der Waals surface area contributed by atoms with Gasteiger partial charge in [-0.1, -0.05) is 51.5 Å². The van der Waals surface area contributed by atoms with Gasteiger partial charge in [0.25, 0.3) is 0 Å². The van der Waals surface area contributed by atoms with Crippen molar-refractivity contribution < 1.29 is 14.7 Å². The number of hydrogen-bond donors (Lipinski definition) is 1. The van der Waals surface area contributed by atoms with Gasteiger partial charge in [-0.3, -0.25) is 9.59 Å². The highest BCUT2D eigenvalue weighted by Crippen LogP contribution is 2.22. The summed E-state index contributed by atoms with van der Waals surface area (Å²) in [5.41, 5.74) is 0. The molecule has 0 radical (unpaired) electrons. The van der Waals surface area contributed by atoms with Crippen molar-refractivity contribution >= 4 is 11.6 Å². The first-order chi connectivity index (χ1) is 10.1. The second kappa shape index (κ2) is 10.7. The first kappa shape index (κ1) is 18.1. The molecule has 0 heterocycles. The van der Waals surface area contributed by atoms with Gasteiger partial charge in [0.05, 0.1) is 0 Å². The second-order valence-corrected chi connectivity index (χ2v) is 6.23. The Bertz CT molecular complexity index is 346. The number of Topliss-reactive ketones (excluding diaryl/α,β-unsaturated/α-hetero) is 1. The average Bonchev–Trinajstić information content (AvgIpc) is 2.48. The summed E-state index contributed by atoms with van der Waals surface area (Å²) in [7, 11) is 0. The largest absolute Gasteiger partial charge is 0.385 e. The predicted octanol–water partition coefficient (Wildman–Crippen LogP) is 3.98. The van der Waals surface area contributed by atoms with Crippen LogP contribution in [0.2, 0.25) is 0 Å². The number of rotatable bonds is 10. The molecule has 0 bridgehead atoms. The Hall–Kier alpha value is -0.960. The maximum atomic E-state index is 11.8. The third-order valence-electron chi connectivity index (χ3n) is 4.21. The molecule has 0 aromatic carbocycles. The predicted molar refractivity (Wildman–Crippen MR) is 85.1 cm³/mol. The van der Waals surface area contributed by atoms with Gasteiger partial charge < -0.3 is 5.11 Å². The summed E-state index contributed by atoms with van der Waals surface area (Å²) >= 11 is 0. The van der Waals surface area contributed by atoms with Gasteiger partial charge in [0, 0.05) is 12.8 Å².